The van der Waals surface area contributed by atoms with Gasteiger partial charge in [0, 0.05) is 43.2 Å². The second kappa shape index (κ2) is 11.2. The third-order valence-electron chi connectivity index (χ3n) is 9.78. The van der Waals surface area contributed by atoms with Gasteiger partial charge in [0.15, 0.2) is 6.17 Å². The quantitative estimate of drug-likeness (QED) is 0.383. The van der Waals surface area contributed by atoms with Crippen LogP contribution >= 0.6 is 0 Å². The second-order valence-corrected chi connectivity index (χ2v) is 12.7. The van der Waals surface area contributed by atoms with E-state index in [1.165, 1.54) is 29.0 Å². The molecule has 44 heavy (non-hydrogen) atoms. The number of fused-ring (bicyclic) bond motifs is 4. The average molecular weight is 605 g/mol. The first-order valence-electron chi connectivity index (χ1n) is 15.4. The summed E-state index contributed by atoms with van der Waals surface area (Å²) in [5.41, 5.74) is 4.37. The number of alkyl halides is 2. The Morgan fingerprint density at radius 1 is 1.16 bits per heavy atom. The fourth-order valence-corrected chi connectivity index (χ4v) is 7.42. The molecule has 0 bridgehead atoms. The van der Waals surface area contributed by atoms with E-state index < -0.39 is 24.3 Å². The number of hydrogen-bond acceptors (Lipinski definition) is 7. The van der Waals surface area contributed by atoms with Crippen LogP contribution in [0.25, 0.3) is 22.0 Å². The number of rotatable bonds is 7. The van der Waals surface area contributed by atoms with Crippen molar-refractivity contribution in [1.29, 1.82) is 5.26 Å². The van der Waals surface area contributed by atoms with Crippen LogP contribution in [0.1, 0.15) is 43.2 Å². The number of likely N-dealkylation sites (N-methyl/N-ethyl adjacent to an activating group) is 1. The highest BCUT2D eigenvalue weighted by Crippen LogP contribution is 2.58. The number of likely N-dealkylation sites (tertiary alicyclic amines) is 1. The fourth-order valence-electron chi connectivity index (χ4n) is 7.42. The largest absolute Gasteiger partial charge is 0.462 e. The number of piperazine rings is 1. The molecule has 1 aromatic heterocycles. The average Bonchev–Trinajstić information content (AvgIpc) is 3.54. The normalized spacial score (nSPS) is 26.8. The van der Waals surface area contributed by atoms with E-state index in [0.29, 0.717) is 53.6 Å². The zero-order chi connectivity index (χ0) is 30.7. The molecule has 1 saturated carbocycles. The van der Waals surface area contributed by atoms with Crippen molar-refractivity contribution in [3.8, 4) is 23.2 Å². The summed E-state index contributed by atoms with van der Waals surface area (Å²) >= 11 is 0. The Balaban J connectivity index is 1.28. The Morgan fingerprint density at radius 3 is 2.75 bits per heavy atom. The smallest absolute Gasteiger partial charge is 0.319 e. The fraction of sp³-hybridized carbons (Fsp3) is 0.515. The lowest BCUT2D eigenvalue weighted by Gasteiger charge is -2.41. The van der Waals surface area contributed by atoms with Gasteiger partial charge in [-0.3, -0.25) is 9.69 Å². The van der Waals surface area contributed by atoms with Gasteiger partial charge < -0.3 is 14.5 Å². The highest BCUT2D eigenvalue weighted by atomic mass is 19.1. The van der Waals surface area contributed by atoms with Crippen LogP contribution in [0.4, 0.5) is 19.0 Å². The maximum absolute atomic E-state index is 16.1. The van der Waals surface area contributed by atoms with E-state index in [2.05, 4.69) is 12.1 Å². The predicted octanol–water partition coefficient (Wildman–Crippen LogP) is 4.81. The van der Waals surface area contributed by atoms with E-state index in [1.54, 1.807) is 6.07 Å². The lowest BCUT2D eigenvalue weighted by atomic mass is 9.93. The number of carbonyl (C=O) groups excluding carboxylic acids is 1. The van der Waals surface area contributed by atoms with Crippen molar-refractivity contribution in [2.24, 2.45) is 5.92 Å². The zero-order valence-corrected chi connectivity index (χ0v) is 24.8. The van der Waals surface area contributed by atoms with E-state index in [9.17, 15) is 18.8 Å². The van der Waals surface area contributed by atoms with Crippen LogP contribution in [0.5, 0.6) is 6.01 Å². The van der Waals surface area contributed by atoms with Gasteiger partial charge in [0.05, 0.1) is 24.0 Å². The van der Waals surface area contributed by atoms with Gasteiger partial charge in [-0.1, -0.05) is 18.2 Å². The summed E-state index contributed by atoms with van der Waals surface area (Å²) in [4.78, 5) is 27.2. The van der Waals surface area contributed by atoms with Crippen molar-refractivity contribution in [2.75, 3.05) is 44.7 Å². The number of ether oxygens (including phenoxy) is 1. The molecule has 3 heterocycles. The number of nitrogens with zero attached hydrogens (tertiary/aromatic N) is 6. The van der Waals surface area contributed by atoms with E-state index in [-0.39, 0.29) is 44.0 Å². The third kappa shape index (κ3) is 5.13. The van der Waals surface area contributed by atoms with Crippen molar-refractivity contribution in [3.63, 3.8) is 0 Å². The van der Waals surface area contributed by atoms with Gasteiger partial charge in [-0.15, -0.1) is 0 Å². The molecule has 3 fully saturated rings. The molecular weight excluding hydrogens is 569 g/mol. The maximum Gasteiger partial charge on any atom is 0.319 e. The van der Waals surface area contributed by atoms with Crippen LogP contribution in [0, 0.1) is 23.1 Å². The number of carbonyl (C=O) groups is 1. The molecule has 7 rings (SSSR count). The summed E-state index contributed by atoms with van der Waals surface area (Å²) in [7, 11) is 1.85. The second-order valence-electron chi connectivity index (χ2n) is 12.7. The number of anilines is 1. The van der Waals surface area contributed by atoms with Gasteiger partial charge in [0.25, 0.3) is 5.91 Å². The summed E-state index contributed by atoms with van der Waals surface area (Å²) in [6, 6.07) is 10.8. The minimum atomic E-state index is -1.68. The van der Waals surface area contributed by atoms with Crippen LogP contribution < -0.4 is 9.64 Å². The minimum Gasteiger partial charge on any atom is -0.462 e. The Kier molecular flexibility index (Phi) is 7.35. The van der Waals surface area contributed by atoms with E-state index in [4.69, 9.17) is 14.7 Å². The highest BCUT2D eigenvalue weighted by Gasteiger charge is 2.46. The first kappa shape index (κ1) is 28.8. The molecule has 2 aliphatic heterocycles. The lowest BCUT2D eigenvalue weighted by Crippen LogP contribution is -2.56. The van der Waals surface area contributed by atoms with Crippen molar-refractivity contribution in [1.82, 2.24) is 19.8 Å². The number of benzene rings is 2. The number of aromatic nitrogens is 2. The molecule has 0 radical (unpaired) electrons. The molecule has 8 nitrogen and oxygen atoms in total. The molecule has 2 aliphatic carbocycles. The molecule has 2 aromatic carbocycles. The van der Waals surface area contributed by atoms with Gasteiger partial charge >= 0.3 is 6.01 Å². The van der Waals surface area contributed by atoms with Crippen LogP contribution in [0.2, 0.25) is 0 Å². The van der Waals surface area contributed by atoms with Crippen molar-refractivity contribution >= 4 is 22.6 Å². The van der Waals surface area contributed by atoms with Crippen molar-refractivity contribution in [2.45, 2.75) is 63.0 Å². The van der Waals surface area contributed by atoms with Crippen LogP contribution in [0.15, 0.2) is 30.3 Å². The van der Waals surface area contributed by atoms with E-state index in [1.807, 2.05) is 29.0 Å². The first-order valence-corrected chi connectivity index (χ1v) is 15.4. The number of halogens is 3. The van der Waals surface area contributed by atoms with Gasteiger partial charge in [-0.05, 0) is 73.9 Å². The minimum absolute atomic E-state index is 0.0134. The Morgan fingerprint density at radius 2 is 2.00 bits per heavy atom. The number of amides is 1. The van der Waals surface area contributed by atoms with E-state index >= 15 is 4.39 Å². The third-order valence-corrected chi connectivity index (χ3v) is 9.78. The summed E-state index contributed by atoms with van der Waals surface area (Å²) in [5, 5.41) is 9.96. The topological polar surface area (TPSA) is 85.6 Å². The summed E-state index contributed by atoms with van der Waals surface area (Å²) in [6.07, 6.45) is -0.0702. The molecule has 0 N–H and O–H groups in total. The molecule has 2 saturated heterocycles. The van der Waals surface area contributed by atoms with Crippen LogP contribution in [-0.4, -0.2) is 89.9 Å². The van der Waals surface area contributed by atoms with Crippen molar-refractivity contribution in [3.05, 3.63) is 47.3 Å². The molecule has 11 heteroatoms. The molecule has 230 valence electrons. The summed E-state index contributed by atoms with van der Waals surface area (Å²) in [6.45, 7) is 2.43. The Bertz CT molecular complexity index is 1660. The Labute approximate surface area is 254 Å². The predicted molar refractivity (Wildman–Crippen MR) is 159 cm³/mol. The standard InChI is InChI=1S/C33H35F3N6O2/c1-18(34)32(43)42-9-8-41(16-22(42)6-7-37)31-27-13-28(36)26(24-5-3-4-19-10-20-11-25(20)30(19)24)14-29(27)38-33(39-31)44-17-23-12-21(35)15-40(23)2/h3-5,13-14,18,20-23,25H,6,8-12,15-17H2,1-2H3/t18?,20?,21-,22+,23+,25?/m1/s1. The lowest BCUT2D eigenvalue weighted by molar-refractivity contribution is -0.138. The zero-order valence-electron chi connectivity index (χ0n) is 24.8. The molecule has 4 aliphatic rings. The Hall–Kier alpha value is -3.91. The molecule has 6 atom stereocenters. The van der Waals surface area contributed by atoms with Crippen LogP contribution in [-0.2, 0) is 11.2 Å². The van der Waals surface area contributed by atoms with Gasteiger partial charge in [-0.25, -0.2) is 13.2 Å². The molecule has 3 aromatic rings. The number of nitriles is 1. The summed E-state index contributed by atoms with van der Waals surface area (Å²) < 4.78 is 50.1. The SMILES string of the molecule is CC(F)C(=O)N1CCN(c2nc(OC[C@@H]3C[C@@H](F)CN3C)nc3cc(-c4cccc5c4C4CC4C5)c(F)cc23)C[C@@H]1CC#N. The summed E-state index contributed by atoms with van der Waals surface area (Å²) in [5.74, 6) is 0.499. The molecule has 1 amide bonds. The monoisotopic (exact) mass is 604 g/mol. The first-order chi connectivity index (χ1) is 21.2. The van der Waals surface area contributed by atoms with Crippen LogP contribution in [0.3, 0.4) is 0 Å². The maximum atomic E-state index is 16.1. The van der Waals surface area contributed by atoms with Crippen molar-refractivity contribution < 1.29 is 22.7 Å². The number of hydrogen-bond donors (Lipinski definition) is 0. The van der Waals surface area contributed by atoms with E-state index in [0.717, 1.165) is 18.4 Å². The van der Waals surface area contributed by atoms with Gasteiger partial charge in [0.1, 0.15) is 24.4 Å². The molecule has 3 unspecified atom stereocenters. The van der Waals surface area contributed by atoms with Gasteiger partial charge in [-0.2, -0.15) is 15.2 Å². The highest BCUT2D eigenvalue weighted by molar-refractivity contribution is 5.94. The molecular formula is C33H35F3N6O2. The molecule has 0 spiro atoms. The van der Waals surface area contributed by atoms with Gasteiger partial charge in [0.2, 0.25) is 0 Å².